The van der Waals surface area contributed by atoms with Gasteiger partial charge in [0.1, 0.15) is 5.75 Å². The van der Waals surface area contributed by atoms with Crippen molar-refractivity contribution in [3.8, 4) is 5.75 Å². The number of nitrogens with one attached hydrogen (secondary N) is 1. The molecule has 2 rings (SSSR count). The molecule has 1 heterocycles. The second-order valence-corrected chi connectivity index (χ2v) is 5.54. The molecule has 1 aliphatic heterocycles. The van der Waals surface area contributed by atoms with Gasteiger partial charge in [0, 0.05) is 18.7 Å². The normalized spacial score (nSPS) is 15.5. The molecule has 1 aromatic carbocycles. The molecule has 0 radical (unpaired) electrons. The molecule has 1 aromatic rings. The summed E-state index contributed by atoms with van der Waals surface area (Å²) in [7, 11) is 0. The van der Waals surface area contributed by atoms with Crippen LogP contribution in [0.2, 0.25) is 0 Å². The summed E-state index contributed by atoms with van der Waals surface area (Å²) < 4.78 is 5.50. The van der Waals surface area contributed by atoms with Crippen LogP contribution in [-0.2, 0) is 6.42 Å². The lowest BCUT2D eigenvalue weighted by atomic mass is 9.99. The molecule has 1 unspecified atom stereocenters. The Kier molecular flexibility index (Phi) is 3.93. The third-order valence-corrected chi connectivity index (χ3v) is 3.22. The second-order valence-electron chi connectivity index (χ2n) is 5.54. The summed E-state index contributed by atoms with van der Waals surface area (Å²) in [6.07, 6.45) is 2.33. The van der Waals surface area contributed by atoms with Gasteiger partial charge in [-0.25, -0.2) is 0 Å². The molecule has 0 saturated heterocycles. The van der Waals surface area contributed by atoms with E-state index in [9.17, 15) is 0 Å². The van der Waals surface area contributed by atoms with Crippen LogP contribution in [0, 0.1) is 11.8 Å². The molecule has 1 atom stereocenters. The van der Waals surface area contributed by atoms with Gasteiger partial charge < -0.3 is 10.1 Å². The molecule has 0 aromatic heterocycles. The van der Waals surface area contributed by atoms with Gasteiger partial charge in [-0.15, -0.1) is 0 Å². The fraction of sp³-hybridized carbons (Fsp3) is 0.600. The molecule has 0 amide bonds. The Balaban J connectivity index is 1.87. The minimum absolute atomic E-state index is 0.722. The highest BCUT2D eigenvalue weighted by Crippen LogP contribution is 2.28. The van der Waals surface area contributed by atoms with E-state index in [1.54, 1.807) is 0 Å². The molecule has 2 heteroatoms. The van der Waals surface area contributed by atoms with E-state index in [0.29, 0.717) is 0 Å². The van der Waals surface area contributed by atoms with Gasteiger partial charge in [-0.1, -0.05) is 20.8 Å². The molecule has 0 aliphatic carbocycles. The van der Waals surface area contributed by atoms with Gasteiger partial charge in [0.2, 0.25) is 0 Å². The van der Waals surface area contributed by atoms with Crippen LogP contribution in [0.15, 0.2) is 18.2 Å². The largest absolute Gasteiger partial charge is 0.493 e. The predicted molar refractivity (Wildman–Crippen MR) is 72.7 cm³/mol. The van der Waals surface area contributed by atoms with Crippen LogP contribution in [0.1, 0.15) is 32.8 Å². The number of hydrogen-bond donors (Lipinski definition) is 1. The van der Waals surface area contributed by atoms with Gasteiger partial charge in [-0.2, -0.15) is 0 Å². The zero-order valence-electron chi connectivity index (χ0n) is 11.1. The lowest BCUT2D eigenvalue weighted by Gasteiger charge is -2.15. The Morgan fingerprint density at radius 2 is 2.12 bits per heavy atom. The molecule has 17 heavy (non-hydrogen) atoms. The van der Waals surface area contributed by atoms with Crippen molar-refractivity contribution in [2.75, 3.05) is 18.5 Å². The van der Waals surface area contributed by atoms with Crippen LogP contribution in [0.4, 0.5) is 5.69 Å². The minimum atomic E-state index is 0.722. The summed E-state index contributed by atoms with van der Waals surface area (Å²) in [4.78, 5) is 0. The van der Waals surface area contributed by atoms with Crippen molar-refractivity contribution in [2.24, 2.45) is 11.8 Å². The van der Waals surface area contributed by atoms with E-state index in [2.05, 4.69) is 44.3 Å². The highest BCUT2D eigenvalue weighted by molar-refractivity contribution is 5.52. The first kappa shape index (κ1) is 12.3. The molecule has 0 bridgehead atoms. The number of rotatable bonds is 5. The third-order valence-electron chi connectivity index (χ3n) is 3.22. The van der Waals surface area contributed by atoms with Gasteiger partial charge in [-0.3, -0.25) is 0 Å². The number of ether oxygens (including phenoxy) is 1. The zero-order valence-corrected chi connectivity index (χ0v) is 11.1. The van der Waals surface area contributed by atoms with Crippen LogP contribution in [0.5, 0.6) is 5.75 Å². The topological polar surface area (TPSA) is 21.3 Å². The molecule has 0 fully saturated rings. The van der Waals surface area contributed by atoms with Crippen molar-refractivity contribution in [3.05, 3.63) is 23.8 Å². The van der Waals surface area contributed by atoms with Crippen LogP contribution in [-0.4, -0.2) is 13.2 Å². The fourth-order valence-corrected chi connectivity index (χ4v) is 2.48. The summed E-state index contributed by atoms with van der Waals surface area (Å²) in [6, 6.07) is 6.43. The smallest absolute Gasteiger partial charge is 0.122 e. The molecular formula is C15H23NO. The maximum absolute atomic E-state index is 5.50. The number of anilines is 1. The second kappa shape index (κ2) is 5.44. The van der Waals surface area contributed by atoms with E-state index in [-0.39, 0.29) is 0 Å². The highest BCUT2D eigenvalue weighted by Gasteiger charge is 2.12. The standard InChI is InChI=1S/C15H23NO/c1-11(2)8-12(3)10-16-14-4-5-15-13(9-14)6-7-17-15/h4-5,9,11-12,16H,6-8,10H2,1-3H3. The Hall–Kier alpha value is -1.18. The fourth-order valence-electron chi connectivity index (χ4n) is 2.48. The maximum atomic E-state index is 5.50. The molecule has 1 aliphatic rings. The predicted octanol–water partition coefficient (Wildman–Crippen LogP) is 3.72. The van der Waals surface area contributed by atoms with Crippen molar-refractivity contribution in [3.63, 3.8) is 0 Å². The van der Waals surface area contributed by atoms with Gasteiger partial charge in [0.05, 0.1) is 6.61 Å². The minimum Gasteiger partial charge on any atom is -0.493 e. The van der Waals surface area contributed by atoms with Crippen molar-refractivity contribution < 1.29 is 4.74 Å². The van der Waals surface area contributed by atoms with Crippen LogP contribution in [0.25, 0.3) is 0 Å². The Morgan fingerprint density at radius 1 is 1.29 bits per heavy atom. The zero-order chi connectivity index (χ0) is 12.3. The van der Waals surface area contributed by atoms with E-state index in [4.69, 9.17) is 4.74 Å². The third kappa shape index (κ3) is 3.39. The quantitative estimate of drug-likeness (QED) is 0.837. The van der Waals surface area contributed by atoms with Crippen molar-refractivity contribution in [2.45, 2.75) is 33.6 Å². The first-order valence-corrected chi connectivity index (χ1v) is 6.64. The van der Waals surface area contributed by atoms with E-state index in [1.165, 1.54) is 17.7 Å². The van der Waals surface area contributed by atoms with E-state index < -0.39 is 0 Å². The van der Waals surface area contributed by atoms with Gasteiger partial charge in [-0.05, 0) is 42.0 Å². The van der Waals surface area contributed by atoms with E-state index in [1.807, 2.05) is 0 Å². The molecule has 0 spiro atoms. The van der Waals surface area contributed by atoms with E-state index >= 15 is 0 Å². The first-order chi connectivity index (χ1) is 8.15. The lowest BCUT2D eigenvalue weighted by molar-refractivity contribution is 0.357. The Morgan fingerprint density at radius 3 is 2.88 bits per heavy atom. The van der Waals surface area contributed by atoms with Crippen LogP contribution >= 0.6 is 0 Å². The molecule has 94 valence electrons. The van der Waals surface area contributed by atoms with Gasteiger partial charge in [0.25, 0.3) is 0 Å². The van der Waals surface area contributed by atoms with Gasteiger partial charge in [0.15, 0.2) is 0 Å². The summed E-state index contributed by atoms with van der Waals surface area (Å²) in [5.41, 5.74) is 2.57. The van der Waals surface area contributed by atoms with E-state index in [0.717, 1.165) is 37.2 Å². The van der Waals surface area contributed by atoms with Gasteiger partial charge >= 0.3 is 0 Å². The van der Waals surface area contributed by atoms with Crippen molar-refractivity contribution in [1.82, 2.24) is 0 Å². The summed E-state index contributed by atoms with van der Waals surface area (Å²) in [5, 5.41) is 3.52. The number of hydrogen-bond acceptors (Lipinski definition) is 2. The average molecular weight is 233 g/mol. The summed E-state index contributed by atoms with van der Waals surface area (Å²) in [6.45, 7) is 8.76. The molecule has 2 nitrogen and oxygen atoms in total. The van der Waals surface area contributed by atoms with Crippen molar-refractivity contribution >= 4 is 5.69 Å². The van der Waals surface area contributed by atoms with Crippen molar-refractivity contribution in [1.29, 1.82) is 0 Å². The average Bonchev–Trinajstić information content (AvgIpc) is 2.72. The molecule has 0 saturated carbocycles. The monoisotopic (exact) mass is 233 g/mol. The maximum Gasteiger partial charge on any atom is 0.122 e. The van der Waals surface area contributed by atoms with Crippen LogP contribution < -0.4 is 10.1 Å². The summed E-state index contributed by atoms with van der Waals surface area (Å²) >= 11 is 0. The highest BCUT2D eigenvalue weighted by atomic mass is 16.5. The summed E-state index contributed by atoms with van der Waals surface area (Å²) in [5.74, 6) is 2.56. The van der Waals surface area contributed by atoms with Crippen LogP contribution in [0.3, 0.4) is 0 Å². The number of fused-ring (bicyclic) bond motifs is 1. The SMILES string of the molecule is CC(C)CC(C)CNc1ccc2c(c1)CCO2. The Labute approximate surface area is 104 Å². The number of benzene rings is 1. The first-order valence-electron chi connectivity index (χ1n) is 6.64. The lowest BCUT2D eigenvalue weighted by Crippen LogP contribution is -2.13. The molecule has 1 N–H and O–H groups in total. The Bertz CT molecular complexity index is 373. The molecular weight excluding hydrogens is 210 g/mol.